The Morgan fingerprint density at radius 2 is 1.89 bits per heavy atom. The number of rotatable bonds is 3. The van der Waals surface area contributed by atoms with E-state index in [1.165, 1.54) is 6.07 Å². The molecule has 2 aromatic carbocycles. The summed E-state index contributed by atoms with van der Waals surface area (Å²) < 4.78 is 18.9. The molecule has 0 saturated heterocycles. The zero-order valence-electron chi connectivity index (χ0n) is 9.29. The first kappa shape index (κ1) is 13.0. The minimum Gasteiger partial charge on any atom is -0.489 e. The fraction of sp³-hybridized carbons (Fsp3) is 0.0769. The summed E-state index contributed by atoms with van der Waals surface area (Å²) in [5.41, 5.74) is 6.36. The van der Waals surface area contributed by atoms with Gasteiger partial charge in [-0.25, -0.2) is 4.39 Å². The summed E-state index contributed by atoms with van der Waals surface area (Å²) in [6.45, 7) is 0.0343. The minimum absolute atomic E-state index is 0.0343. The van der Waals surface area contributed by atoms with Crippen LogP contribution in [0.1, 0.15) is 5.56 Å². The zero-order valence-corrected chi connectivity index (χ0v) is 10.8. The fourth-order valence-corrected chi connectivity index (χ4v) is 1.77. The highest BCUT2D eigenvalue weighted by Crippen LogP contribution is 2.26. The van der Waals surface area contributed by atoms with Crippen molar-refractivity contribution >= 4 is 28.9 Å². The number of hydrogen-bond donors (Lipinski definition) is 1. The van der Waals surface area contributed by atoms with E-state index in [4.69, 9.17) is 33.7 Å². The molecule has 2 nitrogen and oxygen atoms in total. The van der Waals surface area contributed by atoms with Crippen LogP contribution in [0, 0.1) is 5.82 Å². The van der Waals surface area contributed by atoms with Gasteiger partial charge < -0.3 is 10.5 Å². The first-order chi connectivity index (χ1) is 8.58. The van der Waals surface area contributed by atoms with Gasteiger partial charge >= 0.3 is 0 Å². The second-order valence-corrected chi connectivity index (χ2v) is 4.49. The van der Waals surface area contributed by atoms with Crippen LogP contribution in [-0.2, 0) is 6.61 Å². The van der Waals surface area contributed by atoms with Gasteiger partial charge in [0.1, 0.15) is 18.2 Å². The quantitative estimate of drug-likeness (QED) is 0.854. The lowest BCUT2D eigenvalue weighted by atomic mass is 10.2. The van der Waals surface area contributed by atoms with E-state index in [1.807, 2.05) is 0 Å². The molecule has 0 aliphatic heterocycles. The maximum Gasteiger partial charge on any atom is 0.131 e. The van der Waals surface area contributed by atoms with Crippen molar-refractivity contribution in [3.05, 3.63) is 57.8 Å². The van der Waals surface area contributed by atoms with Crippen molar-refractivity contribution < 1.29 is 9.13 Å². The average Bonchev–Trinajstić information content (AvgIpc) is 2.33. The Kier molecular flexibility index (Phi) is 3.94. The molecular formula is C13H10Cl2FNO. The van der Waals surface area contributed by atoms with E-state index in [9.17, 15) is 4.39 Å². The molecule has 2 aromatic rings. The van der Waals surface area contributed by atoms with Crippen LogP contribution in [0.2, 0.25) is 10.0 Å². The van der Waals surface area contributed by atoms with Gasteiger partial charge in [0.2, 0.25) is 0 Å². The first-order valence-corrected chi connectivity index (χ1v) is 5.94. The summed E-state index contributed by atoms with van der Waals surface area (Å²) in [5, 5.41) is 0.781. The summed E-state index contributed by atoms with van der Waals surface area (Å²) in [7, 11) is 0. The maximum atomic E-state index is 13.5. The molecule has 2 N–H and O–H groups in total. The van der Waals surface area contributed by atoms with Gasteiger partial charge in [-0.05, 0) is 24.3 Å². The molecule has 0 bridgehead atoms. The minimum atomic E-state index is -0.399. The van der Waals surface area contributed by atoms with Crippen molar-refractivity contribution in [2.45, 2.75) is 6.61 Å². The van der Waals surface area contributed by atoms with E-state index in [2.05, 4.69) is 0 Å². The van der Waals surface area contributed by atoms with Crippen molar-refractivity contribution in [1.29, 1.82) is 0 Å². The number of hydrogen-bond acceptors (Lipinski definition) is 2. The molecule has 0 radical (unpaired) electrons. The average molecular weight is 286 g/mol. The molecule has 0 heterocycles. The maximum absolute atomic E-state index is 13.5. The number of nitrogens with two attached hydrogens (primary N) is 1. The molecule has 0 atom stereocenters. The second-order valence-electron chi connectivity index (χ2n) is 3.67. The van der Waals surface area contributed by atoms with Gasteiger partial charge in [0, 0.05) is 11.6 Å². The van der Waals surface area contributed by atoms with Crippen molar-refractivity contribution in [1.82, 2.24) is 0 Å². The molecular weight excluding hydrogens is 276 g/mol. The van der Waals surface area contributed by atoms with E-state index in [0.29, 0.717) is 27.0 Å². The third-order valence-electron chi connectivity index (χ3n) is 2.41. The summed E-state index contributed by atoms with van der Waals surface area (Å²) in [5.74, 6) is 0.112. The standard InChI is InChI=1S/C13H10Cl2FNO/c14-10-2-1-3-12(16)9(10)7-18-8-4-5-11(15)13(17)6-8/h1-6H,7,17H2. The third kappa shape index (κ3) is 2.86. The van der Waals surface area contributed by atoms with Gasteiger partial charge in [-0.3, -0.25) is 0 Å². The molecule has 0 spiro atoms. The Balaban J connectivity index is 2.14. The van der Waals surface area contributed by atoms with Gasteiger partial charge in [-0.1, -0.05) is 29.3 Å². The topological polar surface area (TPSA) is 35.2 Å². The molecule has 5 heteroatoms. The Bertz CT molecular complexity index is 555. The molecule has 0 aromatic heterocycles. The lowest BCUT2D eigenvalue weighted by Gasteiger charge is -2.09. The van der Waals surface area contributed by atoms with Crippen LogP contribution in [0.4, 0.5) is 10.1 Å². The lowest BCUT2D eigenvalue weighted by Crippen LogP contribution is -2.00. The van der Waals surface area contributed by atoms with Crippen molar-refractivity contribution in [2.75, 3.05) is 5.73 Å². The Hall–Kier alpha value is -1.45. The van der Waals surface area contributed by atoms with E-state index in [0.717, 1.165) is 0 Å². The normalized spacial score (nSPS) is 10.4. The monoisotopic (exact) mass is 285 g/mol. The van der Waals surface area contributed by atoms with Crippen LogP contribution < -0.4 is 10.5 Å². The largest absolute Gasteiger partial charge is 0.489 e. The number of nitrogen functional groups attached to an aromatic ring is 1. The summed E-state index contributed by atoms with van der Waals surface area (Å²) in [6, 6.07) is 9.35. The summed E-state index contributed by atoms with van der Waals surface area (Å²) in [6.07, 6.45) is 0. The highest BCUT2D eigenvalue weighted by atomic mass is 35.5. The number of ether oxygens (including phenoxy) is 1. The molecule has 18 heavy (non-hydrogen) atoms. The molecule has 94 valence electrons. The molecule has 0 fully saturated rings. The second kappa shape index (κ2) is 5.46. The van der Waals surface area contributed by atoms with E-state index in [1.54, 1.807) is 30.3 Å². The lowest BCUT2D eigenvalue weighted by molar-refractivity contribution is 0.300. The third-order valence-corrected chi connectivity index (χ3v) is 3.11. The van der Waals surface area contributed by atoms with Crippen molar-refractivity contribution in [2.24, 2.45) is 0 Å². The van der Waals surface area contributed by atoms with Gasteiger partial charge in [-0.15, -0.1) is 0 Å². The van der Waals surface area contributed by atoms with Crippen LogP contribution in [0.15, 0.2) is 36.4 Å². The Morgan fingerprint density at radius 3 is 2.56 bits per heavy atom. The molecule has 2 rings (SSSR count). The SMILES string of the molecule is Nc1cc(OCc2c(F)cccc2Cl)ccc1Cl. The highest BCUT2D eigenvalue weighted by molar-refractivity contribution is 6.33. The number of anilines is 1. The predicted molar refractivity (Wildman–Crippen MR) is 71.6 cm³/mol. The smallest absolute Gasteiger partial charge is 0.131 e. The van der Waals surface area contributed by atoms with Crippen LogP contribution in [0.25, 0.3) is 0 Å². The van der Waals surface area contributed by atoms with Crippen molar-refractivity contribution in [3.8, 4) is 5.75 Å². The van der Waals surface area contributed by atoms with Gasteiger partial charge in [0.05, 0.1) is 15.7 Å². The van der Waals surface area contributed by atoms with E-state index < -0.39 is 5.82 Å². The molecule has 0 saturated carbocycles. The van der Waals surface area contributed by atoms with Gasteiger partial charge in [0.25, 0.3) is 0 Å². The summed E-state index contributed by atoms with van der Waals surface area (Å²) >= 11 is 11.7. The van der Waals surface area contributed by atoms with Crippen LogP contribution in [0.3, 0.4) is 0 Å². The van der Waals surface area contributed by atoms with Crippen LogP contribution in [-0.4, -0.2) is 0 Å². The number of benzene rings is 2. The van der Waals surface area contributed by atoms with E-state index >= 15 is 0 Å². The molecule has 0 aliphatic rings. The molecule has 0 aliphatic carbocycles. The van der Waals surface area contributed by atoms with Crippen LogP contribution in [0.5, 0.6) is 5.75 Å². The predicted octanol–water partition coefficient (Wildman–Crippen LogP) is 4.29. The fourth-order valence-electron chi connectivity index (χ4n) is 1.44. The number of halogens is 3. The first-order valence-electron chi connectivity index (χ1n) is 5.18. The Morgan fingerprint density at radius 1 is 1.11 bits per heavy atom. The van der Waals surface area contributed by atoms with E-state index in [-0.39, 0.29) is 6.61 Å². The highest BCUT2D eigenvalue weighted by Gasteiger charge is 2.08. The summed E-state index contributed by atoms with van der Waals surface area (Å²) in [4.78, 5) is 0. The van der Waals surface area contributed by atoms with Gasteiger partial charge in [0.15, 0.2) is 0 Å². The zero-order chi connectivity index (χ0) is 13.1. The van der Waals surface area contributed by atoms with Crippen LogP contribution >= 0.6 is 23.2 Å². The Labute approximate surface area is 114 Å². The molecule has 0 amide bonds. The molecule has 0 unspecified atom stereocenters. The van der Waals surface area contributed by atoms with Gasteiger partial charge in [-0.2, -0.15) is 0 Å². The van der Waals surface area contributed by atoms with Crippen molar-refractivity contribution in [3.63, 3.8) is 0 Å².